The van der Waals surface area contributed by atoms with Gasteiger partial charge in [0.25, 0.3) is 5.91 Å². The molecule has 26 heavy (non-hydrogen) atoms. The van der Waals surface area contributed by atoms with Crippen LogP contribution in [0.15, 0.2) is 29.2 Å². The van der Waals surface area contributed by atoms with E-state index in [0.717, 1.165) is 23.6 Å². The van der Waals surface area contributed by atoms with Crippen molar-refractivity contribution in [1.29, 1.82) is 0 Å². The van der Waals surface area contributed by atoms with Crippen molar-refractivity contribution in [2.45, 2.75) is 49.6 Å². The molecule has 2 fully saturated rings. The summed E-state index contributed by atoms with van der Waals surface area (Å²) in [6.07, 6.45) is 3.55. The standard InChI is InChI=1S/C18H25N3O4S/c1-13-7-4-5-10-18(13)16(22)21(17(23)19-18)12-14-8-6-9-15(11-14)26(24,25)20(2)3/h6,8-9,11,13H,4-5,7,10,12H2,1-3H3,(H,19,23). The fourth-order valence-corrected chi connectivity index (χ4v) is 4.81. The predicted octanol–water partition coefficient (Wildman–Crippen LogP) is 1.94. The minimum atomic E-state index is -3.57. The zero-order valence-electron chi connectivity index (χ0n) is 15.4. The molecule has 1 heterocycles. The molecule has 1 aromatic carbocycles. The molecule has 142 valence electrons. The molecule has 0 bridgehead atoms. The molecule has 1 aliphatic heterocycles. The second kappa shape index (κ2) is 6.66. The van der Waals surface area contributed by atoms with Gasteiger partial charge in [0.1, 0.15) is 5.54 Å². The molecule has 1 aromatic rings. The molecule has 0 aromatic heterocycles. The lowest BCUT2D eigenvalue weighted by molar-refractivity contribution is -0.134. The molecule has 2 atom stereocenters. The second-order valence-corrected chi connectivity index (χ2v) is 9.53. The van der Waals surface area contributed by atoms with Gasteiger partial charge in [-0.3, -0.25) is 9.69 Å². The van der Waals surface area contributed by atoms with Gasteiger partial charge in [-0.05, 0) is 36.5 Å². The van der Waals surface area contributed by atoms with E-state index in [1.807, 2.05) is 6.92 Å². The van der Waals surface area contributed by atoms with Crippen LogP contribution in [0.2, 0.25) is 0 Å². The van der Waals surface area contributed by atoms with Gasteiger partial charge in [-0.15, -0.1) is 0 Å². The molecule has 1 saturated carbocycles. The number of sulfonamides is 1. The minimum absolute atomic E-state index is 0.0654. The number of carbonyl (C=O) groups excluding carboxylic acids is 2. The van der Waals surface area contributed by atoms with Gasteiger partial charge >= 0.3 is 6.03 Å². The van der Waals surface area contributed by atoms with Crippen LogP contribution in [0.1, 0.15) is 38.2 Å². The van der Waals surface area contributed by atoms with E-state index in [9.17, 15) is 18.0 Å². The van der Waals surface area contributed by atoms with Crippen molar-refractivity contribution in [2.24, 2.45) is 5.92 Å². The molecular formula is C18H25N3O4S. The van der Waals surface area contributed by atoms with Gasteiger partial charge in [0, 0.05) is 14.1 Å². The summed E-state index contributed by atoms with van der Waals surface area (Å²) in [6, 6.07) is 5.98. The van der Waals surface area contributed by atoms with Gasteiger partial charge in [0.05, 0.1) is 11.4 Å². The molecule has 1 spiro atoms. The summed E-state index contributed by atoms with van der Waals surface area (Å²) in [5.74, 6) is -0.103. The average Bonchev–Trinajstić information content (AvgIpc) is 2.83. The highest BCUT2D eigenvalue weighted by atomic mass is 32.2. The Labute approximate surface area is 154 Å². The maximum atomic E-state index is 13.0. The Morgan fingerprint density at radius 1 is 1.27 bits per heavy atom. The van der Waals surface area contributed by atoms with Gasteiger partial charge < -0.3 is 5.32 Å². The highest BCUT2D eigenvalue weighted by molar-refractivity contribution is 7.89. The summed E-state index contributed by atoms with van der Waals surface area (Å²) in [7, 11) is -0.635. The summed E-state index contributed by atoms with van der Waals surface area (Å²) >= 11 is 0. The predicted molar refractivity (Wildman–Crippen MR) is 96.8 cm³/mol. The van der Waals surface area contributed by atoms with Gasteiger partial charge in [0.2, 0.25) is 10.0 Å². The third-order valence-electron chi connectivity index (χ3n) is 5.52. The first-order chi connectivity index (χ1) is 12.2. The van der Waals surface area contributed by atoms with E-state index in [1.54, 1.807) is 12.1 Å². The van der Waals surface area contributed by atoms with Crippen LogP contribution in [0.3, 0.4) is 0 Å². The van der Waals surface area contributed by atoms with Crippen molar-refractivity contribution in [3.63, 3.8) is 0 Å². The summed E-state index contributed by atoms with van der Waals surface area (Å²) in [6.45, 7) is 2.07. The van der Waals surface area contributed by atoms with Crippen LogP contribution in [0.5, 0.6) is 0 Å². The quantitative estimate of drug-likeness (QED) is 0.810. The Morgan fingerprint density at radius 3 is 2.65 bits per heavy atom. The highest BCUT2D eigenvalue weighted by Gasteiger charge is 2.54. The fourth-order valence-electron chi connectivity index (χ4n) is 3.84. The maximum Gasteiger partial charge on any atom is 0.325 e. The summed E-state index contributed by atoms with van der Waals surface area (Å²) in [5.41, 5.74) is -0.195. The number of amides is 3. The lowest BCUT2D eigenvalue weighted by Crippen LogP contribution is -2.53. The minimum Gasteiger partial charge on any atom is -0.323 e. The number of nitrogens with one attached hydrogen (secondary N) is 1. The molecule has 0 radical (unpaired) electrons. The van der Waals surface area contributed by atoms with E-state index in [-0.39, 0.29) is 23.3 Å². The van der Waals surface area contributed by atoms with Crippen LogP contribution in [0.25, 0.3) is 0 Å². The van der Waals surface area contributed by atoms with Crippen LogP contribution < -0.4 is 5.32 Å². The molecule has 1 N–H and O–H groups in total. The zero-order valence-corrected chi connectivity index (χ0v) is 16.2. The van der Waals surface area contributed by atoms with Crippen molar-refractivity contribution < 1.29 is 18.0 Å². The van der Waals surface area contributed by atoms with E-state index < -0.39 is 21.6 Å². The number of urea groups is 1. The second-order valence-electron chi connectivity index (χ2n) is 7.37. The number of hydrogen-bond donors (Lipinski definition) is 1. The normalized spacial score (nSPS) is 26.6. The van der Waals surface area contributed by atoms with Crippen LogP contribution in [-0.4, -0.2) is 49.2 Å². The van der Waals surface area contributed by atoms with E-state index in [1.165, 1.54) is 31.1 Å². The number of hydrogen-bond acceptors (Lipinski definition) is 4. The van der Waals surface area contributed by atoms with Crippen molar-refractivity contribution in [2.75, 3.05) is 14.1 Å². The van der Waals surface area contributed by atoms with E-state index >= 15 is 0 Å². The number of benzene rings is 1. The highest BCUT2D eigenvalue weighted by Crippen LogP contribution is 2.38. The lowest BCUT2D eigenvalue weighted by Gasteiger charge is -2.36. The molecule has 8 heteroatoms. The number of carbonyl (C=O) groups is 2. The van der Waals surface area contributed by atoms with Crippen molar-refractivity contribution in [3.05, 3.63) is 29.8 Å². The molecule has 2 aliphatic rings. The maximum absolute atomic E-state index is 13.0. The Balaban J connectivity index is 1.86. The van der Waals surface area contributed by atoms with E-state index in [0.29, 0.717) is 12.0 Å². The van der Waals surface area contributed by atoms with Crippen molar-refractivity contribution in [3.8, 4) is 0 Å². The molecule has 7 nitrogen and oxygen atoms in total. The van der Waals surface area contributed by atoms with Crippen LogP contribution in [0, 0.1) is 5.92 Å². The SMILES string of the molecule is CC1CCCCC12NC(=O)N(Cc1cccc(S(=O)(=O)N(C)C)c1)C2=O. The molecule has 3 amide bonds. The average molecular weight is 379 g/mol. The van der Waals surface area contributed by atoms with E-state index in [2.05, 4.69) is 5.32 Å². The Kier molecular flexibility index (Phi) is 4.83. The van der Waals surface area contributed by atoms with Crippen molar-refractivity contribution in [1.82, 2.24) is 14.5 Å². The number of imide groups is 1. The molecular weight excluding hydrogens is 354 g/mol. The Morgan fingerprint density at radius 2 is 2.00 bits per heavy atom. The lowest BCUT2D eigenvalue weighted by atomic mass is 9.73. The molecule has 2 unspecified atom stereocenters. The molecule has 1 aliphatic carbocycles. The van der Waals surface area contributed by atoms with Crippen LogP contribution in [-0.2, 0) is 21.4 Å². The van der Waals surface area contributed by atoms with Crippen molar-refractivity contribution >= 4 is 22.0 Å². The first-order valence-corrected chi connectivity index (χ1v) is 10.3. The van der Waals surface area contributed by atoms with Gasteiger partial charge in [0.15, 0.2) is 0 Å². The summed E-state index contributed by atoms with van der Waals surface area (Å²) in [5, 5.41) is 2.91. The number of nitrogens with zero attached hydrogens (tertiary/aromatic N) is 2. The summed E-state index contributed by atoms with van der Waals surface area (Å²) < 4.78 is 25.7. The largest absolute Gasteiger partial charge is 0.325 e. The first kappa shape index (κ1) is 18.8. The van der Waals surface area contributed by atoms with Crippen LogP contribution >= 0.6 is 0 Å². The Hall–Kier alpha value is -1.93. The fraction of sp³-hybridized carbons (Fsp3) is 0.556. The van der Waals surface area contributed by atoms with E-state index in [4.69, 9.17) is 0 Å². The van der Waals surface area contributed by atoms with Crippen LogP contribution in [0.4, 0.5) is 4.79 Å². The van der Waals surface area contributed by atoms with Gasteiger partial charge in [-0.2, -0.15) is 0 Å². The number of rotatable bonds is 4. The third-order valence-corrected chi connectivity index (χ3v) is 7.33. The molecule has 1 saturated heterocycles. The zero-order chi connectivity index (χ0) is 19.1. The Bertz CT molecular complexity index is 837. The molecule has 3 rings (SSSR count). The third kappa shape index (κ3) is 3.01. The first-order valence-electron chi connectivity index (χ1n) is 8.84. The van der Waals surface area contributed by atoms with Gasteiger partial charge in [-0.1, -0.05) is 31.9 Å². The van der Waals surface area contributed by atoms with Gasteiger partial charge in [-0.25, -0.2) is 17.5 Å². The smallest absolute Gasteiger partial charge is 0.323 e. The summed E-state index contributed by atoms with van der Waals surface area (Å²) in [4.78, 5) is 26.8. The monoisotopic (exact) mass is 379 g/mol. The topological polar surface area (TPSA) is 86.8 Å².